The highest BCUT2D eigenvalue weighted by Gasteiger charge is 2.05. The summed E-state index contributed by atoms with van der Waals surface area (Å²) >= 11 is 0. The van der Waals surface area contributed by atoms with Gasteiger partial charge in [0.15, 0.2) is 0 Å². The van der Waals surface area contributed by atoms with Crippen LogP contribution in [0.3, 0.4) is 0 Å². The van der Waals surface area contributed by atoms with E-state index >= 15 is 0 Å². The van der Waals surface area contributed by atoms with Crippen LogP contribution in [0.2, 0.25) is 0 Å². The van der Waals surface area contributed by atoms with E-state index < -0.39 is 0 Å². The Kier molecular flexibility index (Phi) is 6.42. The molecule has 0 fully saturated rings. The largest absolute Gasteiger partial charge is 0.457 e. The normalized spacial score (nSPS) is 10.3. The van der Waals surface area contributed by atoms with Gasteiger partial charge in [-0.25, -0.2) is 0 Å². The van der Waals surface area contributed by atoms with Crippen LogP contribution in [0, 0.1) is 0 Å². The number of amides is 1. The first kappa shape index (κ1) is 16.5. The Morgan fingerprint density at radius 1 is 1.09 bits per heavy atom. The molecule has 116 valence electrons. The molecule has 0 aliphatic heterocycles. The van der Waals surface area contributed by atoms with Gasteiger partial charge in [-0.1, -0.05) is 30.3 Å². The van der Waals surface area contributed by atoms with Crippen LogP contribution in [0.5, 0.6) is 11.5 Å². The number of para-hydroxylation sites is 1. The van der Waals surface area contributed by atoms with Gasteiger partial charge in [-0.2, -0.15) is 0 Å². The molecular formula is C18H22NO2P. The second kappa shape index (κ2) is 8.55. The molecule has 0 aromatic heterocycles. The lowest BCUT2D eigenvalue weighted by Gasteiger charge is -2.16. The van der Waals surface area contributed by atoms with Crippen molar-refractivity contribution < 1.29 is 9.53 Å². The van der Waals surface area contributed by atoms with Gasteiger partial charge in [0.1, 0.15) is 11.5 Å². The van der Waals surface area contributed by atoms with E-state index in [2.05, 4.69) is 21.4 Å². The summed E-state index contributed by atoms with van der Waals surface area (Å²) in [6, 6.07) is 17.9. The highest BCUT2D eigenvalue weighted by Crippen LogP contribution is 2.22. The Labute approximate surface area is 134 Å². The Balaban J connectivity index is 1.88. The molecule has 2 aromatic rings. The zero-order valence-corrected chi connectivity index (χ0v) is 14.0. The molecule has 3 nitrogen and oxygen atoms in total. The monoisotopic (exact) mass is 315 g/mol. The molecule has 1 unspecified atom stereocenters. The molecule has 0 saturated carbocycles. The van der Waals surface area contributed by atoms with Crippen molar-refractivity contribution in [2.24, 2.45) is 0 Å². The van der Waals surface area contributed by atoms with Crippen LogP contribution >= 0.6 is 9.24 Å². The van der Waals surface area contributed by atoms with Crippen molar-refractivity contribution in [2.75, 3.05) is 19.8 Å². The number of benzene rings is 2. The van der Waals surface area contributed by atoms with E-state index in [9.17, 15) is 4.79 Å². The first-order valence-electron chi connectivity index (χ1n) is 7.45. The maximum absolute atomic E-state index is 11.5. The summed E-state index contributed by atoms with van der Waals surface area (Å²) in [7, 11) is 4.32. The van der Waals surface area contributed by atoms with E-state index in [0.29, 0.717) is 6.16 Å². The van der Waals surface area contributed by atoms with Gasteiger partial charge >= 0.3 is 0 Å². The molecule has 0 N–H and O–H groups in total. The SMILES string of the molecule is CN(CCCc1cccc(Oc2ccccc2)c1)C(=O)CP. The summed E-state index contributed by atoms with van der Waals surface area (Å²) in [5.74, 6) is 1.84. The molecule has 1 atom stereocenters. The smallest absolute Gasteiger partial charge is 0.226 e. The van der Waals surface area contributed by atoms with E-state index in [4.69, 9.17) is 4.74 Å². The molecular weight excluding hydrogens is 293 g/mol. The minimum atomic E-state index is 0.158. The van der Waals surface area contributed by atoms with Crippen molar-refractivity contribution in [3.05, 3.63) is 60.2 Å². The third-order valence-corrected chi connectivity index (χ3v) is 3.79. The first-order chi connectivity index (χ1) is 10.7. The Morgan fingerprint density at radius 2 is 1.82 bits per heavy atom. The molecule has 1 amide bonds. The average Bonchev–Trinajstić information content (AvgIpc) is 2.55. The van der Waals surface area contributed by atoms with Gasteiger partial charge in [0.2, 0.25) is 5.91 Å². The predicted molar refractivity (Wildman–Crippen MR) is 93.5 cm³/mol. The maximum Gasteiger partial charge on any atom is 0.226 e. The van der Waals surface area contributed by atoms with E-state index in [0.717, 1.165) is 30.9 Å². The second-order valence-corrected chi connectivity index (χ2v) is 5.59. The summed E-state index contributed by atoms with van der Waals surface area (Å²) in [6.45, 7) is 0.775. The average molecular weight is 315 g/mol. The Bertz CT molecular complexity index is 601. The molecule has 0 spiro atoms. The minimum Gasteiger partial charge on any atom is -0.457 e. The van der Waals surface area contributed by atoms with Crippen molar-refractivity contribution in [1.82, 2.24) is 4.90 Å². The van der Waals surface area contributed by atoms with Crippen LogP contribution in [0.25, 0.3) is 0 Å². The Hall–Kier alpha value is -1.86. The van der Waals surface area contributed by atoms with E-state index in [1.54, 1.807) is 4.90 Å². The van der Waals surface area contributed by atoms with E-state index in [1.807, 2.05) is 49.5 Å². The standard InChI is InChI=1S/C18H22NO2P/c1-19(18(20)14-22)12-6-8-15-7-5-11-17(13-15)21-16-9-3-2-4-10-16/h2-5,7,9-11,13H,6,8,12,14,22H2,1H3. The van der Waals surface area contributed by atoms with Crippen molar-refractivity contribution in [1.29, 1.82) is 0 Å². The van der Waals surface area contributed by atoms with E-state index in [-0.39, 0.29) is 5.91 Å². The molecule has 4 heteroatoms. The van der Waals surface area contributed by atoms with Gasteiger partial charge in [-0.3, -0.25) is 4.79 Å². The van der Waals surface area contributed by atoms with E-state index in [1.165, 1.54) is 5.56 Å². The number of rotatable bonds is 7. The zero-order chi connectivity index (χ0) is 15.8. The summed E-state index contributed by atoms with van der Waals surface area (Å²) in [5, 5.41) is 0. The fourth-order valence-electron chi connectivity index (χ4n) is 2.19. The van der Waals surface area contributed by atoms with Crippen LogP contribution in [0.1, 0.15) is 12.0 Å². The number of hydrogen-bond donors (Lipinski definition) is 0. The quantitative estimate of drug-likeness (QED) is 0.728. The number of carbonyl (C=O) groups is 1. The Morgan fingerprint density at radius 3 is 2.55 bits per heavy atom. The molecule has 0 radical (unpaired) electrons. The molecule has 0 aliphatic carbocycles. The third kappa shape index (κ3) is 5.16. The lowest BCUT2D eigenvalue weighted by Crippen LogP contribution is -2.28. The number of aryl methyl sites for hydroxylation is 1. The van der Waals surface area contributed by atoms with Crippen LogP contribution in [-0.4, -0.2) is 30.6 Å². The lowest BCUT2D eigenvalue weighted by atomic mass is 10.1. The number of nitrogens with zero attached hydrogens (tertiary/aromatic N) is 1. The van der Waals surface area contributed by atoms with Crippen molar-refractivity contribution in [2.45, 2.75) is 12.8 Å². The van der Waals surface area contributed by atoms with Crippen LogP contribution in [-0.2, 0) is 11.2 Å². The van der Waals surface area contributed by atoms with Crippen molar-refractivity contribution in [3.63, 3.8) is 0 Å². The van der Waals surface area contributed by atoms with Gasteiger partial charge in [0.25, 0.3) is 0 Å². The number of hydrogen-bond acceptors (Lipinski definition) is 2. The molecule has 0 saturated heterocycles. The maximum atomic E-state index is 11.5. The summed E-state index contributed by atoms with van der Waals surface area (Å²) < 4.78 is 5.83. The second-order valence-electron chi connectivity index (χ2n) is 5.19. The number of ether oxygens (including phenoxy) is 1. The van der Waals surface area contributed by atoms with Gasteiger partial charge in [0.05, 0.1) is 0 Å². The third-order valence-electron chi connectivity index (χ3n) is 3.44. The van der Waals surface area contributed by atoms with Crippen LogP contribution in [0.15, 0.2) is 54.6 Å². The minimum absolute atomic E-state index is 0.158. The topological polar surface area (TPSA) is 29.5 Å². The molecule has 0 aliphatic rings. The molecule has 2 aromatic carbocycles. The lowest BCUT2D eigenvalue weighted by molar-refractivity contribution is -0.127. The van der Waals surface area contributed by atoms with Gasteiger partial charge in [0, 0.05) is 19.8 Å². The first-order valence-corrected chi connectivity index (χ1v) is 8.26. The van der Waals surface area contributed by atoms with Gasteiger partial charge in [-0.05, 0) is 42.7 Å². The summed E-state index contributed by atoms with van der Waals surface area (Å²) in [4.78, 5) is 13.3. The summed E-state index contributed by atoms with van der Waals surface area (Å²) in [6.07, 6.45) is 2.36. The fraction of sp³-hybridized carbons (Fsp3) is 0.278. The fourth-order valence-corrected chi connectivity index (χ4v) is 2.50. The van der Waals surface area contributed by atoms with Crippen LogP contribution in [0.4, 0.5) is 0 Å². The number of carbonyl (C=O) groups excluding carboxylic acids is 1. The highest BCUT2D eigenvalue weighted by atomic mass is 31.0. The van der Waals surface area contributed by atoms with Crippen molar-refractivity contribution in [3.8, 4) is 11.5 Å². The molecule has 0 heterocycles. The van der Waals surface area contributed by atoms with Crippen LogP contribution < -0.4 is 4.74 Å². The predicted octanol–water partition coefficient (Wildman–Crippen LogP) is 3.75. The van der Waals surface area contributed by atoms with Gasteiger partial charge < -0.3 is 9.64 Å². The molecule has 0 bridgehead atoms. The highest BCUT2D eigenvalue weighted by molar-refractivity contribution is 7.18. The zero-order valence-electron chi connectivity index (χ0n) is 12.9. The van der Waals surface area contributed by atoms with Crippen molar-refractivity contribution >= 4 is 15.1 Å². The van der Waals surface area contributed by atoms with Gasteiger partial charge in [-0.15, -0.1) is 9.24 Å². The molecule has 2 rings (SSSR count). The summed E-state index contributed by atoms with van der Waals surface area (Å²) in [5.41, 5.74) is 1.22. The molecule has 22 heavy (non-hydrogen) atoms.